The van der Waals surface area contributed by atoms with Crippen molar-refractivity contribution in [2.24, 2.45) is 0 Å². The second-order valence-electron chi connectivity index (χ2n) is 6.69. The van der Waals surface area contributed by atoms with Crippen LogP contribution in [0, 0.1) is 0 Å². The molecular weight excluding hydrogens is 376 g/mol. The standard InChI is InChI=1S/C10H16N2O3S.C10H8N2/c13-8(14)4-2-1-3-7-9-6(5-16-7)11-10(15)12-9;1-3-7-11-9(5-1)10-6-2-4-8-12-10/h6-7,9H,1-5H2,(H,13,14)(H2,11,12,15);1-8H/t6-,7-,9-;/m0./s1. The number of aromatic nitrogens is 2. The molecule has 2 amide bonds. The third-order valence-electron chi connectivity index (χ3n) is 4.66. The van der Waals surface area contributed by atoms with Crippen molar-refractivity contribution in [2.75, 3.05) is 5.75 Å². The van der Waals surface area contributed by atoms with E-state index in [9.17, 15) is 9.59 Å². The van der Waals surface area contributed by atoms with E-state index in [-0.39, 0.29) is 24.5 Å². The van der Waals surface area contributed by atoms with E-state index in [2.05, 4.69) is 20.6 Å². The van der Waals surface area contributed by atoms with Gasteiger partial charge in [0.2, 0.25) is 0 Å². The molecule has 0 aliphatic carbocycles. The number of carboxylic acid groups (broad SMARTS) is 1. The first-order valence-electron chi connectivity index (χ1n) is 9.36. The maximum absolute atomic E-state index is 11.1. The molecule has 0 unspecified atom stereocenters. The molecule has 4 heterocycles. The van der Waals surface area contributed by atoms with Gasteiger partial charge in [0.05, 0.1) is 23.5 Å². The summed E-state index contributed by atoms with van der Waals surface area (Å²) in [6.07, 6.45) is 6.42. The Kier molecular flexibility index (Phi) is 7.25. The van der Waals surface area contributed by atoms with Crippen LogP contribution in [0.2, 0.25) is 0 Å². The van der Waals surface area contributed by atoms with Crippen molar-refractivity contribution in [1.29, 1.82) is 0 Å². The summed E-state index contributed by atoms with van der Waals surface area (Å²) in [6.45, 7) is 0. The average Bonchev–Trinajstić information content (AvgIpc) is 3.26. The normalized spacial score (nSPS) is 22.4. The third kappa shape index (κ3) is 5.69. The lowest BCUT2D eigenvalue weighted by molar-refractivity contribution is -0.137. The van der Waals surface area contributed by atoms with Crippen molar-refractivity contribution in [1.82, 2.24) is 20.6 Å². The molecule has 2 saturated heterocycles. The summed E-state index contributed by atoms with van der Waals surface area (Å²) in [5.74, 6) is 0.236. The Hall–Kier alpha value is -2.61. The summed E-state index contributed by atoms with van der Waals surface area (Å²) < 4.78 is 0. The lowest BCUT2D eigenvalue weighted by atomic mass is 10.0. The van der Waals surface area contributed by atoms with E-state index >= 15 is 0 Å². The molecule has 0 radical (unpaired) electrons. The SMILES string of the molecule is O=C(O)CCCC[C@@H]1SC[C@@H]2NC(=O)N[C@@H]21.c1ccc(-c2ccccn2)nc1. The van der Waals surface area contributed by atoms with Crippen LogP contribution in [-0.2, 0) is 4.79 Å². The van der Waals surface area contributed by atoms with Crippen LogP contribution in [0.4, 0.5) is 4.79 Å². The molecule has 2 aliphatic heterocycles. The molecule has 8 heteroatoms. The van der Waals surface area contributed by atoms with Gasteiger partial charge in [-0.1, -0.05) is 18.6 Å². The van der Waals surface area contributed by atoms with Crippen LogP contribution in [0.25, 0.3) is 11.4 Å². The van der Waals surface area contributed by atoms with Crippen LogP contribution in [0.1, 0.15) is 25.7 Å². The summed E-state index contributed by atoms with van der Waals surface area (Å²) in [6, 6.07) is 12.0. The van der Waals surface area contributed by atoms with Crippen LogP contribution in [-0.4, -0.2) is 50.2 Å². The molecule has 28 heavy (non-hydrogen) atoms. The minimum absolute atomic E-state index is 0.0640. The Morgan fingerprint density at radius 2 is 1.75 bits per heavy atom. The topological polar surface area (TPSA) is 104 Å². The number of amides is 2. The van der Waals surface area contributed by atoms with E-state index in [0.717, 1.165) is 36.4 Å². The van der Waals surface area contributed by atoms with Gasteiger partial charge in [0.1, 0.15) is 0 Å². The van der Waals surface area contributed by atoms with Gasteiger partial charge in [-0.25, -0.2) is 4.79 Å². The molecular formula is C20H24N4O3S. The van der Waals surface area contributed by atoms with Crippen molar-refractivity contribution in [3.63, 3.8) is 0 Å². The fourth-order valence-corrected chi connectivity index (χ4v) is 4.84. The van der Waals surface area contributed by atoms with Crippen molar-refractivity contribution < 1.29 is 14.7 Å². The lowest BCUT2D eigenvalue weighted by Gasteiger charge is -2.16. The fourth-order valence-electron chi connectivity index (χ4n) is 3.29. The molecule has 148 valence electrons. The van der Waals surface area contributed by atoms with Crippen LogP contribution in [0.15, 0.2) is 48.8 Å². The van der Waals surface area contributed by atoms with Crippen molar-refractivity contribution >= 4 is 23.8 Å². The summed E-state index contributed by atoms with van der Waals surface area (Å²) in [5, 5.41) is 14.8. The first-order valence-corrected chi connectivity index (χ1v) is 10.4. The highest BCUT2D eigenvalue weighted by atomic mass is 32.2. The minimum atomic E-state index is -0.729. The minimum Gasteiger partial charge on any atom is -0.481 e. The van der Waals surface area contributed by atoms with Gasteiger partial charge >= 0.3 is 12.0 Å². The number of urea groups is 1. The number of unbranched alkanes of at least 4 members (excludes halogenated alkanes) is 1. The van der Waals surface area contributed by atoms with Crippen LogP contribution in [0.3, 0.4) is 0 Å². The highest BCUT2D eigenvalue weighted by Gasteiger charge is 2.42. The number of carbonyl (C=O) groups is 2. The number of hydrogen-bond acceptors (Lipinski definition) is 5. The number of nitrogens with zero attached hydrogens (tertiary/aromatic N) is 2. The predicted octanol–water partition coefficient (Wildman–Crippen LogP) is 2.94. The van der Waals surface area contributed by atoms with Crippen LogP contribution >= 0.6 is 11.8 Å². The van der Waals surface area contributed by atoms with Gasteiger partial charge in [0, 0.05) is 29.8 Å². The first-order chi connectivity index (χ1) is 13.6. The summed E-state index contributed by atoms with van der Waals surface area (Å²) in [7, 11) is 0. The van der Waals surface area contributed by atoms with E-state index in [0.29, 0.717) is 5.25 Å². The second kappa shape index (κ2) is 10.1. The molecule has 0 bridgehead atoms. The van der Waals surface area contributed by atoms with E-state index in [1.807, 2.05) is 48.2 Å². The Balaban J connectivity index is 0.000000167. The lowest BCUT2D eigenvalue weighted by Crippen LogP contribution is -2.36. The molecule has 2 aromatic rings. The first kappa shape index (κ1) is 20.1. The van der Waals surface area contributed by atoms with E-state index < -0.39 is 5.97 Å². The second-order valence-corrected chi connectivity index (χ2v) is 7.96. The van der Waals surface area contributed by atoms with E-state index in [1.165, 1.54) is 0 Å². The Morgan fingerprint density at radius 1 is 1.07 bits per heavy atom. The number of rotatable bonds is 6. The quantitative estimate of drug-likeness (QED) is 0.509. The summed E-state index contributed by atoms with van der Waals surface area (Å²) in [4.78, 5) is 29.8. The van der Waals surface area contributed by atoms with Gasteiger partial charge in [-0.15, -0.1) is 0 Å². The van der Waals surface area contributed by atoms with Gasteiger partial charge in [-0.05, 0) is 37.1 Å². The average molecular weight is 401 g/mol. The number of carboxylic acids is 1. The highest BCUT2D eigenvalue weighted by molar-refractivity contribution is 8.00. The molecule has 0 spiro atoms. The van der Waals surface area contributed by atoms with Gasteiger partial charge in [0.25, 0.3) is 0 Å². The highest BCUT2D eigenvalue weighted by Crippen LogP contribution is 2.33. The number of aliphatic carboxylic acids is 1. The Bertz CT molecular complexity index is 738. The number of hydrogen-bond donors (Lipinski definition) is 3. The summed E-state index contributed by atoms with van der Waals surface area (Å²) in [5.41, 5.74) is 1.83. The zero-order chi connectivity index (χ0) is 19.8. The number of thioether (sulfide) groups is 1. The maximum atomic E-state index is 11.1. The molecule has 7 nitrogen and oxygen atoms in total. The Morgan fingerprint density at radius 3 is 2.32 bits per heavy atom. The molecule has 3 atom stereocenters. The largest absolute Gasteiger partial charge is 0.481 e. The summed E-state index contributed by atoms with van der Waals surface area (Å²) >= 11 is 1.87. The van der Waals surface area contributed by atoms with Crippen molar-refractivity contribution in [2.45, 2.75) is 43.0 Å². The van der Waals surface area contributed by atoms with Crippen LogP contribution in [0.5, 0.6) is 0 Å². The smallest absolute Gasteiger partial charge is 0.315 e. The van der Waals surface area contributed by atoms with Gasteiger partial charge in [-0.2, -0.15) is 11.8 Å². The number of nitrogens with one attached hydrogen (secondary N) is 2. The third-order valence-corrected chi connectivity index (χ3v) is 6.17. The van der Waals surface area contributed by atoms with Gasteiger partial charge in [0.15, 0.2) is 0 Å². The monoisotopic (exact) mass is 400 g/mol. The van der Waals surface area contributed by atoms with Gasteiger partial charge < -0.3 is 15.7 Å². The van der Waals surface area contributed by atoms with E-state index in [4.69, 9.17) is 5.11 Å². The number of pyridine rings is 2. The van der Waals surface area contributed by atoms with Gasteiger partial charge in [-0.3, -0.25) is 14.8 Å². The molecule has 2 fully saturated rings. The number of fused-ring (bicyclic) bond motifs is 1. The fraction of sp³-hybridized carbons (Fsp3) is 0.400. The van der Waals surface area contributed by atoms with Crippen molar-refractivity contribution in [3.8, 4) is 11.4 Å². The Labute approximate surface area is 168 Å². The number of carbonyl (C=O) groups excluding carboxylic acids is 1. The molecule has 2 aromatic heterocycles. The zero-order valence-electron chi connectivity index (χ0n) is 15.5. The van der Waals surface area contributed by atoms with Crippen molar-refractivity contribution in [3.05, 3.63) is 48.8 Å². The van der Waals surface area contributed by atoms with Crippen LogP contribution < -0.4 is 10.6 Å². The maximum Gasteiger partial charge on any atom is 0.315 e. The molecule has 4 rings (SSSR count). The molecule has 0 aromatic carbocycles. The van der Waals surface area contributed by atoms with E-state index in [1.54, 1.807) is 12.4 Å². The molecule has 0 saturated carbocycles. The predicted molar refractivity (Wildman–Crippen MR) is 109 cm³/mol. The molecule has 3 N–H and O–H groups in total. The molecule has 2 aliphatic rings. The zero-order valence-corrected chi connectivity index (χ0v) is 16.3.